The fourth-order valence-electron chi connectivity index (χ4n) is 4.61. The normalized spacial score (nSPS) is 19.3. The molecular formula is C23H23N3O5. The van der Waals surface area contributed by atoms with Crippen molar-refractivity contribution in [2.24, 2.45) is 0 Å². The van der Waals surface area contributed by atoms with Crippen LogP contribution in [-0.2, 0) is 4.74 Å². The van der Waals surface area contributed by atoms with E-state index in [0.717, 1.165) is 44.5 Å². The molecular weight excluding hydrogens is 398 g/mol. The number of aromatic nitrogens is 1. The first kappa shape index (κ1) is 18.5. The molecule has 2 fully saturated rings. The number of rotatable bonds is 3. The van der Waals surface area contributed by atoms with E-state index in [0.29, 0.717) is 47.6 Å². The molecule has 1 aromatic heterocycles. The van der Waals surface area contributed by atoms with Crippen molar-refractivity contribution < 1.29 is 23.4 Å². The van der Waals surface area contributed by atoms with Crippen LogP contribution in [0, 0.1) is 0 Å². The zero-order valence-electron chi connectivity index (χ0n) is 17.1. The molecule has 160 valence electrons. The summed E-state index contributed by atoms with van der Waals surface area (Å²) in [5.74, 6) is 1.03. The third kappa shape index (κ3) is 3.18. The van der Waals surface area contributed by atoms with Gasteiger partial charge in [-0.2, -0.15) is 4.98 Å². The third-order valence-corrected chi connectivity index (χ3v) is 6.47. The Hall–Kier alpha value is -3.26. The fourth-order valence-corrected chi connectivity index (χ4v) is 4.61. The molecule has 0 radical (unpaired) electrons. The highest BCUT2D eigenvalue weighted by Gasteiger charge is 2.47. The topological polar surface area (TPSA) is 86.1 Å². The van der Waals surface area contributed by atoms with Crippen LogP contribution in [0.15, 0.2) is 40.8 Å². The Bertz CT molecular complexity index is 1150. The van der Waals surface area contributed by atoms with Gasteiger partial charge >= 0.3 is 0 Å². The van der Waals surface area contributed by atoms with Gasteiger partial charge in [-0.05, 0) is 55.7 Å². The summed E-state index contributed by atoms with van der Waals surface area (Å²) in [5.41, 5.74) is 2.73. The molecule has 8 heteroatoms. The van der Waals surface area contributed by atoms with Crippen molar-refractivity contribution in [3.05, 3.63) is 42.0 Å². The maximum Gasteiger partial charge on any atom is 0.298 e. The molecule has 0 aliphatic carbocycles. The monoisotopic (exact) mass is 421 g/mol. The lowest BCUT2D eigenvalue weighted by Crippen LogP contribution is -2.62. The zero-order valence-corrected chi connectivity index (χ0v) is 17.1. The van der Waals surface area contributed by atoms with Crippen LogP contribution in [0.2, 0.25) is 0 Å². The summed E-state index contributed by atoms with van der Waals surface area (Å²) in [6, 6.07) is 11.4. The van der Waals surface area contributed by atoms with Crippen LogP contribution in [-0.4, -0.2) is 49.4 Å². The summed E-state index contributed by atoms with van der Waals surface area (Å²) < 4.78 is 22.7. The number of nitrogens with zero attached hydrogens (tertiary/aromatic N) is 2. The van der Waals surface area contributed by atoms with Crippen molar-refractivity contribution >= 4 is 28.7 Å². The van der Waals surface area contributed by atoms with Crippen LogP contribution < -0.4 is 19.7 Å². The summed E-state index contributed by atoms with van der Waals surface area (Å²) in [6.07, 6.45) is 3.15. The van der Waals surface area contributed by atoms with Crippen molar-refractivity contribution in [1.82, 2.24) is 4.98 Å². The Morgan fingerprint density at radius 2 is 1.81 bits per heavy atom. The summed E-state index contributed by atoms with van der Waals surface area (Å²) in [6.45, 7) is 3.51. The van der Waals surface area contributed by atoms with Crippen LogP contribution in [0.1, 0.15) is 29.6 Å². The summed E-state index contributed by atoms with van der Waals surface area (Å²) in [4.78, 5) is 19.7. The van der Waals surface area contributed by atoms with Gasteiger partial charge in [0.2, 0.25) is 0 Å². The van der Waals surface area contributed by atoms with Crippen LogP contribution in [0.25, 0.3) is 11.1 Å². The predicted octanol–water partition coefficient (Wildman–Crippen LogP) is 3.61. The lowest BCUT2D eigenvalue weighted by atomic mass is 9.78. The fraction of sp³-hybridized carbons (Fsp3) is 0.391. The van der Waals surface area contributed by atoms with Gasteiger partial charge in [-0.1, -0.05) is 0 Å². The molecule has 0 unspecified atom stereocenters. The lowest BCUT2D eigenvalue weighted by molar-refractivity contribution is 0.0265. The molecule has 2 saturated heterocycles. The lowest BCUT2D eigenvalue weighted by Gasteiger charge is -2.53. The van der Waals surface area contributed by atoms with Crippen LogP contribution in [0.4, 0.5) is 11.7 Å². The number of nitrogens with one attached hydrogen (secondary N) is 1. The molecule has 3 aromatic rings. The van der Waals surface area contributed by atoms with Crippen molar-refractivity contribution in [3.8, 4) is 11.5 Å². The molecule has 0 atom stereocenters. The van der Waals surface area contributed by atoms with E-state index < -0.39 is 0 Å². The van der Waals surface area contributed by atoms with Gasteiger partial charge < -0.3 is 28.8 Å². The van der Waals surface area contributed by atoms with E-state index in [9.17, 15) is 4.79 Å². The molecule has 4 heterocycles. The first-order chi connectivity index (χ1) is 15.2. The van der Waals surface area contributed by atoms with Crippen molar-refractivity contribution in [2.45, 2.75) is 24.8 Å². The van der Waals surface area contributed by atoms with Gasteiger partial charge in [0.15, 0.2) is 17.1 Å². The minimum atomic E-state index is -0.219. The summed E-state index contributed by atoms with van der Waals surface area (Å²) in [5, 5.41) is 2.93. The van der Waals surface area contributed by atoms with Gasteiger partial charge in [0, 0.05) is 31.0 Å². The molecule has 1 spiro atoms. The molecule has 1 N–H and O–H groups in total. The molecule has 3 aliphatic heterocycles. The second kappa shape index (κ2) is 7.16. The Kier molecular flexibility index (Phi) is 4.27. The molecule has 0 bridgehead atoms. The van der Waals surface area contributed by atoms with Gasteiger partial charge in [-0.3, -0.25) is 4.79 Å². The number of amides is 1. The Morgan fingerprint density at radius 3 is 2.61 bits per heavy atom. The predicted molar refractivity (Wildman–Crippen MR) is 114 cm³/mol. The van der Waals surface area contributed by atoms with E-state index in [2.05, 4.69) is 10.2 Å². The van der Waals surface area contributed by atoms with Crippen LogP contribution >= 0.6 is 0 Å². The Balaban J connectivity index is 1.21. The number of hydrogen-bond donors (Lipinski definition) is 1. The average Bonchev–Trinajstić information content (AvgIpc) is 3.20. The number of benzene rings is 2. The smallest absolute Gasteiger partial charge is 0.298 e. The third-order valence-electron chi connectivity index (χ3n) is 6.47. The molecule has 6 rings (SSSR count). The number of anilines is 2. The first-order valence-corrected chi connectivity index (χ1v) is 10.7. The number of hydrogen-bond acceptors (Lipinski definition) is 7. The van der Waals surface area contributed by atoms with Gasteiger partial charge in [0.25, 0.3) is 11.9 Å². The van der Waals surface area contributed by atoms with Crippen molar-refractivity contribution in [1.29, 1.82) is 0 Å². The summed E-state index contributed by atoms with van der Waals surface area (Å²) >= 11 is 0. The quantitative estimate of drug-likeness (QED) is 0.691. The molecule has 1 amide bonds. The zero-order chi connectivity index (χ0) is 20.8. The first-order valence-electron chi connectivity index (χ1n) is 10.7. The number of carbonyl (C=O) groups excluding carboxylic acids is 1. The molecule has 3 aliphatic rings. The standard InChI is InChI=1S/C23H23N3O5/c27-21(15-1-3-19-20(13-15)30-12-11-29-19)24-16-2-4-18-17(14-16)25-22(31-18)26-8-5-23(26)6-9-28-10-7-23/h1-4,13-14H,5-12H2,(H,24,27). The highest BCUT2D eigenvalue weighted by Crippen LogP contribution is 2.43. The van der Waals surface area contributed by atoms with E-state index in [-0.39, 0.29) is 11.4 Å². The van der Waals surface area contributed by atoms with Crippen LogP contribution in [0.3, 0.4) is 0 Å². The highest BCUT2D eigenvalue weighted by atomic mass is 16.6. The number of oxazole rings is 1. The van der Waals surface area contributed by atoms with Crippen molar-refractivity contribution in [3.63, 3.8) is 0 Å². The molecule has 2 aromatic carbocycles. The van der Waals surface area contributed by atoms with E-state index in [1.54, 1.807) is 18.2 Å². The second-order valence-electron chi connectivity index (χ2n) is 8.23. The Morgan fingerprint density at radius 1 is 0.968 bits per heavy atom. The SMILES string of the molecule is O=C(Nc1ccc2oc(N3CCC34CCOCC4)nc2c1)c1ccc2c(c1)OCCO2. The molecule has 8 nitrogen and oxygen atoms in total. The minimum Gasteiger partial charge on any atom is -0.486 e. The maximum atomic E-state index is 12.7. The van der Waals surface area contributed by atoms with E-state index in [4.69, 9.17) is 23.6 Å². The largest absolute Gasteiger partial charge is 0.486 e. The minimum absolute atomic E-state index is 0.119. The van der Waals surface area contributed by atoms with Crippen molar-refractivity contribution in [2.75, 3.05) is 43.2 Å². The second-order valence-corrected chi connectivity index (χ2v) is 8.23. The number of carbonyl (C=O) groups is 1. The van der Waals surface area contributed by atoms with Gasteiger partial charge in [-0.15, -0.1) is 0 Å². The number of fused-ring (bicyclic) bond motifs is 2. The molecule has 31 heavy (non-hydrogen) atoms. The Labute approximate surface area is 179 Å². The van der Waals surface area contributed by atoms with Crippen LogP contribution in [0.5, 0.6) is 11.5 Å². The number of ether oxygens (including phenoxy) is 3. The average molecular weight is 421 g/mol. The summed E-state index contributed by atoms with van der Waals surface area (Å²) in [7, 11) is 0. The molecule has 0 saturated carbocycles. The van der Waals surface area contributed by atoms with E-state index in [1.165, 1.54) is 0 Å². The van der Waals surface area contributed by atoms with Gasteiger partial charge in [0.05, 0.1) is 5.54 Å². The van der Waals surface area contributed by atoms with Gasteiger partial charge in [-0.25, -0.2) is 0 Å². The van der Waals surface area contributed by atoms with E-state index >= 15 is 0 Å². The van der Waals surface area contributed by atoms with Gasteiger partial charge in [0.1, 0.15) is 18.7 Å². The highest BCUT2D eigenvalue weighted by molar-refractivity contribution is 6.05. The van der Waals surface area contributed by atoms with E-state index in [1.807, 2.05) is 18.2 Å². The maximum absolute atomic E-state index is 12.7.